The molecule has 2 aromatic heterocycles. The minimum Gasteiger partial charge on any atom is -0.453 e. The van der Waals surface area contributed by atoms with Gasteiger partial charge >= 0.3 is 11.6 Å². The molecule has 0 saturated carbocycles. The van der Waals surface area contributed by atoms with Crippen molar-refractivity contribution in [3.8, 4) is 0 Å². The molecule has 0 fully saturated rings. The van der Waals surface area contributed by atoms with Crippen LogP contribution in [0.4, 0.5) is 0 Å². The molecule has 0 atom stereocenters. The molecule has 0 radical (unpaired) electrons. The molecule has 0 aliphatic rings. The van der Waals surface area contributed by atoms with Gasteiger partial charge in [0.15, 0.2) is 6.61 Å². The van der Waals surface area contributed by atoms with E-state index in [1.54, 1.807) is 36.4 Å². The zero-order valence-corrected chi connectivity index (χ0v) is 14.0. The summed E-state index contributed by atoms with van der Waals surface area (Å²) in [5, 5.41) is 0.604. The number of carbonyl (C=O) groups is 2. The van der Waals surface area contributed by atoms with Crippen LogP contribution in [0.15, 0.2) is 55.5 Å². The van der Waals surface area contributed by atoms with Gasteiger partial charge < -0.3 is 9.15 Å². The van der Waals surface area contributed by atoms with Crippen LogP contribution in [0.25, 0.3) is 11.0 Å². The van der Waals surface area contributed by atoms with Crippen molar-refractivity contribution in [3.05, 3.63) is 67.1 Å². The number of para-hydroxylation sites is 1. The molecule has 0 aliphatic heterocycles. The first kappa shape index (κ1) is 15.6. The van der Waals surface area contributed by atoms with Crippen molar-refractivity contribution < 1.29 is 18.7 Å². The molecule has 3 rings (SSSR count). The molecule has 0 unspecified atom stereocenters. The van der Waals surface area contributed by atoms with E-state index in [2.05, 4.69) is 15.9 Å². The van der Waals surface area contributed by atoms with Gasteiger partial charge in [0.1, 0.15) is 11.1 Å². The van der Waals surface area contributed by atoms with E-state index in [9.17, 15) is 14.4 Å². The largest absolute Gasteiger partial charge is 0.453 e. The number of benzene rings is 1. The second-order valence-corrected chi connectivity index (χ2v) is 7.05. The maximum atomic E-state index is 12.0. The normalized spacial score (nSPS) is 10.7. The van der Waals surface area contributed by atoms with Crippen LogP contribution in [0.1, 0.15) is 20.0 Å². The van der Waals surface area contributed by atoms with Crippen LogP contribution in [0.3, 0.4) is 0 Å². The number of rotatable bonds is 4. The molecule has 0 aliphatic carbocycles. The topological polar surface area (TPSA) is 73.6 Å². The minimum atomic E-state index is -0.881. The summed E-state index contributed by atoms with van der Waals surface area (Å²) in [6.07, 6.45) is 0. The molecule has 0 spiro atoms. The third-order valence-electron chi connectivity index (χ3n) is 3.04. The van der Waals surface area contributed by atoms with Crippen molar-refractivity contribution in [3.63, 3.8) is 0 Å². The van der Waals surface area contributed by atoms with E-state index in [1.807, 2.05) is 0 Å². The first-order valence-corrected chi connectivity index (χ1v) is 8.14. The van der Waals surface area contributed by atoms with E-state index in [1.165, 1.54) is 17.4 Å². The molecule has 5 nitrogen and oxygen atoms in total. The smallest absolute Gasteiger partial charge is 0.351 e. The standard InChI is InChI=1S/C16H9BrO5S/c17-14-6-5-13(23-14)11(18)8-21-15(19)10-7-9-3-1-2-4-12(9)22-16(10)20/h1-7H,8H2. The summed E-state index contributed by atoms with van der Waals surface area (Å²) < 4.78 is 10.8. The molecule has 1 aromatic carbocycles. The van der Waals surface area contributed by atoms with Gasteiger partial charge in [-0.15, -0.1) is 11.3 Å². The molecule has 2 heterocycles. The zero-order chi connectivity index (χ0) is 16.4. The van der Waals surface area contributed by atoms with Crippen molar-refractivity contribution in [2.24, 2.45) is 0 Å². The highest BCUT2D eigenvalue weighted by Gasteiger charge is 2.17. The molecule has 23 heavy (non-hydrogen) atoms. The summed E-state index contributed by atoms with van der Waals surface area (Å²) in [5.41, 5.74) is -0.641. The molecule has 0 amide bonds. The molecule has 3 aromatic rings. The Balaban J connectivity index is 1.77. The van der Waals surface area contributed by atoms with Gasteiger partial charge in [-0.25, -0.2) is 9.59 Å². The SMILES string of the molecule is O=C(COC(=O)c1cc2ccccc2oc1=O)c1ccc(Br)s1. The van der Waals surface area contributed by atoms with Crippen molar-refractivity contribution in [1.82, 2.24) is 0 Å². The number of ether oxygens (including phenoxy) is 1. The Labute approximate surface area is 142 Å². The van der Waals surface area contributed by atoms with E-state index in [-0.39, 0.29) is 11.3 Å². The van der Waals surface area contributed by atoms with Crippen molar-refractivity contribution in [1.29, 1.82) is 0 Å². The maximum absolute atomic E-state index is 12.0. The molecular weight excluding hydrogens is 384 g/mol. The third-order valence-corrected chi connectivity index (χ3v) is 4.71. The number of fused-ring (bicyclic) bond motifs is 1. The Kier molecular flexibility index (Phi) is 4.40. The number of carbonyl (C=O) groups excluding carboxylic acids is 2. The minimum absolute atomic E-state index is 0.233. The van der Waals surface area contributed by atoms with Crippen LogP contribution in [-0.4, -0.2) is 18.4 Å². The van der Waals surface area contributed by atoms with Crippen LogP contribution in [0.5, 0.6) is 0 Å². The number of thiophene rings is 1. The first-order valence-electron chi connectivity index (χ1n) is 6.53. The van der Waals surface area contributed by atoms with Gasteiger partial charge in [-0.2, -0.15) is 0 Å². The molecule has 0 N–H and O–H groups in total. The predicted molar refractivity (Wildman–Crippen MR) is 89.1 cm³/mol. The van der Waals surface area contributed by atoms with Crippen LogP contribution in [0.2, 0.25) is 0 Å². The van der Waals surface area contributed by atoms with Gasteiger partial charge in [-0.3, -0.25) is 4.79 Å². The fourth-order valence-corrected chi connectivity index (χ4v) is 3.26. The Bertz CT molecular complexity index is 956. The Hall–Kier alpha value is -2.25. The summed E-state index contributed by atoms with van der Waals surface area (Å²) in [5.74, 6) is -1.22. The van der Waals surface area contributed by atoms with E-state index < -0.39 is 18.2 Å². The van der Waals surface area contributed by atoms with Crippen LogP contribution in [-0.2, 0) is 4.74 Å². The van der Waals surface area contributed by atoms with E-state index >= 15 is 0 Å². The molecule has 7 heteroatoms. The lowest BCUT2D eigenvalue weighted by molar-refractivity contribution is 0.0472. The van der Waals surface area contributed by atoms with Gasteiger partial charge in [0.05, 0.1) is 8.66 Å². The second kappa shape index (κ2) is 6.47. The van der Waals surface area contributed by atoms with E-state index in [0.29, 0.717) is 15.8 Å². The van der Waals surface area contributed by atoms with Gasteiger partial charge in [-0.1, -0.05) is 18.2 Å². The predicted octanol–water partition coefficient (Wildman–Crippen LogP) is 3.66. The summed E-state index contributed by atoms with van der Waals surface area (Å²) in [6, 6.07) is 11.6. The van der Waals surface area contributed by atoms with E-state index in [0.717, 1.165) is 3.79 Å². The quantitative estimate of drug-likeness (QED) is 0.384. The van der Waals surface area contributed by atoms with Crippen LogP contribution >= 0.6 is 27.3 Å². The highest BCUT2D eigenvalue weighted by Crippen LogP contribution is 2.22. The fourth-order valence-electron chi connectivity index (χ4n) is 1.95. The zero-order valence-electron chi connectivity index (χ0n) is 11.6. The third kappa shape index (κ3) is 3.40. The van der Waals surface area contributed by atoms with E-state index in [4.69, 9.17) is 9.15 Å². The Morgan fingerprint density at radius 2 is 1.96 bits per heavy atom. The van der Waals surface area contributed by atoms with Crippen LogP contribution < -0.4 is 5.63 Å². The summed E-state index contributed by atoms with van der Waals surface area (Å²) in [7, 11) is 0. The highest BCUT2D eigenvalue weighted by atomic mass is 79.9. The molecular formula is C16H9BrO5S. The van der Waals surface area contributed by atoms with Gasteiger partial charge in [0.2, 0.25) is 5.78 Å². The average molecular weight is 393 g/mol. The van der Waals surface area contributed by atoms with Crippen LogP contribution in [0, 0.1) is 0 Å². The molecule has 0 saturated heterocycles. The molecule has 0 bridgehead atoms. The maximum Gasteiger partial charge on any atom is 0.351 e. The lowest BCUT2D eigenvalue weighted by Crippen LogP contribution is -2.19. The number of ketones is 1. The number of Topliss-reactive ketones (excluding diaryl/α,β-unsaturated/α-hetero) is 1. The lowest BCUT2D eigenvalue weighted by atomic mass is 10.2. The molecule has 116 valence electrons. The van der Waals surface area contributed by atoms with Gasteiger partial charge in [-0.05, 0) is 40.2 Å². The number of esters is 1. The summed E-state index contributed by atoms with van der Waals surface area (Å²) in [4.78, 5) is 36.2. The fraction of sp³-hybridized carbons (Fsp3) is 0.0625. The van der Waals surface area contributed by atoms with Crippen molar-refractivity contribution in [2.45, 2.75) is 0 Å². The van der Waals surface area contributed by atoms with Gasteiger partial charge in [0, 0.05) is 5.39 Å². The van der Waals surface area contributed by atoms with Gasteiger partial charge in [0.25, 0.3) is 0 Å². The first-order chi connectivity index (χ1) is 11.0. The monoisotopic (exact) mass is 392 g/mol. The average Bonchev–Trinajstić information content (AvgIpc) is 2.98. The second-order valence-electron chi connectivity index (χ2n) is 4.59. The lowest BCUT2D eigenvalue weighted by Gasteiger charge is -2.03. The van der Waals surface area contributed by atoms with Crippen molar-refractivity contribution in [2.75, 3.05) is 6.61 Å². The summed E-state index contributed by atoms with van der Waals surface area (Å²) in [6.45, 7) is -0.432. The highest BCUT2D eigenvalue weighted by molar-refractivity contribution is 9.11. The number of halogens is 1. The Morgan fingerprint density at radius 1 is 1.17 bits per heavy atom. The number of hydrogen-bond donors (Lipinski definition) is 0. The Morgan fingerprint density at radius 3 is 2.70 bits per heavy atom. The number of hydrogen-bond acceptors (Lipinski definition) is 6. The summed E-state index contributed by atoms with van der Waals surface area (Å²) >= 11 is 4.50. The van der Waals surface area contributed by atoms with Crippen molar-refractivity contribution >= 4 is 50.0 Å².